The number of benzene rings is 3. The number of fused-ring (bicyclic) bond motifs is 2. The molecule has 0 saturated heterocycles. The summed E-state index contributed by atoms with van der Waals surface area (Å²) in [5.41, 5.74) is 5.42. The van der Waals surface area contributed by atoms with Gasteiger partial charge in [0, 0.05) is 47.2 Å². The van der Waals surface area contributed by atoms with Crippen molar-refractivity contribution in [1.82, 2.24) is 4.90 Å². The summed E-state index contributed by atoms with van der Waals surface area (Å²) in [4.78, 5) is 14.9. The number of halogens is 1. The van der Waals surface area contributed by atoms with Gasteiger partial charge in [-0.1, -0.05) is 48.5 Å². The van der Waals surface area contributed by atoms with Crippen LogP contribution in [0, 0.1) is 19.7 Å². The quantitative estimate of drug-likeness (QED) is 0.402. The minimum Gasteiger partial charge on any atom is -0.477 e. The fourth-order valence-corrected chi connectivity index (χ4v) is 4.47. The van der Waals surface area contributed by atoms with Crippen LogP contribution in [0.1, 0.15) is 33.4 Å². The Labute approximate surface area is 185 Å². The minimum absolute atomic E-state index is 0.212. The lowest BCUT2D eigenvalue weighted by molar-refractivity contribution is 0.0871. The Kier molecular flexibility index (Phi) is 5.27. The molecule has 1 aliphatic rings. The molecule has 3 aromatic carbocycles. The molecule has 2 heterocycles. The average molecular weight is 429 g/mol. The molecule has 1 aliphatic heterocycles. The van der Waals surface area contributed by atoms with E-state index in [1.807, 2.05) is 50.2 Å². The molecule has 0 atom stereocenters. The summed E-state index contributed by atoms with van der Waals surface area (Å²) < 4.78 is 25.9. The van der Waals surface area contributed by atoms with Crippen LogP contribution in [0.5, 0.6) is 5.75 Å². The van der Waals surface area contributed by atoms with Crippen LogP contribution >= 0.6 is 0 Å². The topological polar surface area (TPSA) is 42.7 Å². The van der Waals surface area contributed by atoms with Crippen LogP contribution in [0.4, 0.5) is 4.39 Å². The molecule has 0 amide bonds. The van der Waals surface area contributed by atoms with Crippen LogP contribution in [0.3, 0.4) is 0 Å². The van der Waals surface area contributed by atoms with E-state index in [-0.39, 0.29) is 11.4 Å². The van der Waals surface area contributed by atoms with E-state index >= 15 is 0 Å². The molecule has 32 heavy (non-hydrogen) atoms. The maximum Gasteiger partial charge on any atom is 0.340 e. The van der Waals surface area contributed by atoms with Gasteiger partial charge in [-0.05, 0) is 37.1 Å². The standard InChI is InChI=1S/C27H24FNO3/c1-17-22-13-21-15-29(14-20-10-6-7-11-24(20)28)16-31-25(21)18(2)26(22)32-27(30)23(17)12-19-8-4-3-5-9-19/h3-11,13H,12,14-16H2,1-2H3. The first-order valence-electron chi connectivity index (χ1n) is 10.7. The highest BCUT2D eigenvalue weighted by atomic mass is 19.1. The predicted octanol–water partition coefficient (Wildman–Crippen LogP) is 5.49. The van der Waals surface area contributed by atoms with Gasteiger partial charge in [0.15, 0.2) is 0 Å². The second-order valence-electron chi connectivity index (χ2n) is 8.37. The molecular weight excluding hydrogens is 405 g/mol. The molecule has 1 aromatic heterocycles. The molecular formula is C27H24FNO3. The molecule has 5 heteroatoms. The molecule has 0 fully saturated rings. The molecule has 0 bridgehead atoms. The minimum atomic E-state index is -0.307. The first-order valence-corrected chi connectivity index (χ1v) is 10.7. The third kappa shape index (κ3) is 3.69. The van der Waals surface area contributed by atoms with E-state index in [1.54, 1.807) is 12.1 Å². The highest BCUT2D eigenvalue weighted by Gasteiger charge is 2.24. The molecule has 4 nitrogen and oxygen atoms in total. The molecule has 0 spiro atoms. The fraction of sp³-hybridized carbons (Fsp3) is 0.222. The lowest BCUT2D eigenvalue weighted by Crippen LogP contribution is -2.32. The zero-order valence-electron chi connectivity index (χ0n) is 18.2. The van der Waals surface area contributed by atoms with Crippen molar-refractivity contribution in [3.63, 3.8) is 0 Å². The lowest BCUT2D eigenvalue weighted by atomic mass is 9.96. The Bertz CT molecular complexity index is 1360. The fourth-order valence-electron chi connectivity index (χ4n) is 4.47. The van der Waals surface area contributed by atoms with Crippen LogP contribution in [0.25, 0.3) is 11.0 Å². The van der Waals surface area contributed by atoms with Crippen LogP contribution in [0.15, 0.2) is 69.9 Å². The monoisotopic (exact) mass is 429 g/mol. The molecule has 0 unspecified atom stereocenters. The van der Waals surface area contributed by atoms with Gasteiger partial charge in [-0.2, -0.15) is 0 Å². The number of hydrogen-bond acceptors (Lipinski definition) is 4. The molecule has 0 N–H and O–H groups in total. The zero-order valence-corrected chi connectivity index (χ0v) is 18.2. The summed E-state index contributed by atoms with van der Waals surface area (Å²) in [6.07, 6.45) is 0.525. The number of hydrogen-bond donors (Lipinski definition) is 0. The molecule has 0 saturated carbocycles. The Morgan fingerprint density at radius 2 is 1.75 bits per heavy atom. The van der Waals surface area contributed by atoms with Gasteiger partial charge < -0.3 is 9.15 Å². The first kappa shape index (κ1) is 20.5. The summed E-state index contributed by atoms with van der Waals surface area (Å²) in [5, 5.41) is 0.920. The van der Waals surface area contributed by atoms with Crippen molar-refractivity contribution in [2.75, 3.05) is 6.73 Å². The average Bonchev–Trinajstić information content (AvgIpc) is 2.80. The third-order valence-corrected chi connectivity index (χ3v) is 6.19. The van der Waals surface area contributed by atoms with Crippen molar-refractivity contribution in [1.29, 1.82) is 0 Å². The summed E-state index contributed by atoms with van der Waals surface area (Å²) in [6, 6.07) is 18.8. The molecule has 0 aliphatic carbocycles. The highest BCUT2D eigenvalue weighted by Crippen LogP contribution is 2.36. The normalized spacial score (nSPS) is 13.7. The van der Waals surface area contributed by atoms with Crippen LogP contribution in [0.2, 0.25) is 0 Å². The van der Waals surface area contributed by atoms with E-state index in [1.165, 1.54) is 6.07 Å². The predicted molar refractivity (Wildman–Crippen MR) is 122 cm³/mol. The molecule has 4 aromatic rings. The second-order valence-corrected chi connectivity index (χ2v) is 8.37. The smallest absolute Gasteiger partial charge is 0.340 e. The van der Waals surface area contributed by atoms with Crippen molar-refractivity contribution in [2.45, 2.75) is 33.4 Å². The van der Waals surface area contributed by atoms with E-state index in [9.17, 15) is 9.18 Å². The zero-order chi connectivity index (χ0) is 22.2. The van der Waals surface area contributed by atoms with Gasteiger partial charge >= 0.3 is 5.63 Å². The Morgan fingerprint density at radius 3 is 2.53 bits per heavy atom. The van der Waals surface area contributed by atoms with Gasteiger partial charge in [-0.25, -0.2) is 9.18 Å². The van der Waals surface area contributed by atoms with Gasteiger partial charge in [-0.15, -0.1) is 0 Å². The van der Waals surface area contributed by atoms with Crippen LogP contribution in [-0.2, 0) is 19.5 Å². The summed E-state index contributed by atoms with van der Waals surface area (Å²) in [7, 11) is 0. The molecule has 162 valence electrons. The number of aryl methyl sites for hydroxylation is 2. The van der Waals surface area contributed by atoms with Gasteiger partial charge in [0.2, 0.25) is 0 Å². The number of ether oxygens (including phenoxy) is 1. The van der Waals surface area contributed by atoms with Crippen molar-refractivity contribution in [3.8, 4) is 5.75 Å². The highest BCUT2D eigenvalue weighted by molar-refractivity contribution is 5.87. The molecule has 5 rings (SSSR count). The van der Waals surface area contributed by atoms with Gasteiger partial charge in [0.05, 0.1) is 0 Å². The van der Waals surface area contributed by atoms with Crippen molar-refractivity contribution in [2.24, 2.45) is 0 Å². The summed E-state index contributed by atoms with van der Waals surface area (Å²) >= 11 is 0. The van der Waals surface area contributed by atoms with Gasteiger partial charge in [0.1, 0.15) is 23.9 Å². The Balaban J connectivity index is 1.53. The number of nitrogens with zero attached hydrogens (tertiary/aromatic N) is 1. The first-order chi connectivity index (χ1) is 15.5. The van der Waals surface area contributed by atoms with E-state index in [4.69, 9.17) is 9.15 Å². The second kappa shape index (κ2) is 8.24. The van der Waals surface area contributed by atoms with E-state index < -0.39 is 0 Å². The maximum atomic E-state index is 14.1. The maximum absolute atomic E-state index is 14.1. The summed E-state index contributed by atoms with van der Waals surface area (Å²) in [6.45, 7) is 5.35. The van der Waals surface area contributed by atoms with Gasteiger partial charge in [-0.3, -0.25) is 4.90 Å². The Morgan fingerprint density at radius 1 is 1.00 bits per heavy atom. The van der Waals surface area contributed by atoms with E-state index in [0.717, 1.165) is 33.4 Å². The van der Waals surface area contributed by atoms with Crippen LogP contribution < -0.4 is 10.4 Å². The Hall–Kier alpha value is -3.44. The van der Waals surface area contributed by atoms with Gasteiger partial charge in [0.25, 0.3) is 0 Å². The van der Waals surface area contributed by atoms with Crippen LogP contribution in [-0.4, -0.2) is 11.6 Å². The van der Waals surface area contributed by atoms with Crippen molar-refractivity contribution < 1.29 is 13.5 Å². The van der Waals surface area contributed by atoms with E-state index in [2.05, 4.69) is 11.0 Å². The third-order valence-electron chi connectivity index (χ3n) is 6.19. The van der Waals surface area contributed by atoms with Crippen molar-refractivity contribution in [3.05, 3.63) is 110 Å². The molecule has 0 radical (unpaired) electrons. The largest absolute Gasteiger partial charge is 0.477 e. The SMILES string of the molecule is Cc1c(Cc2ccccc2)c(=O)oc2c(C)c3c(cc12)CN(Cc1ccccc1F)CO3. The summed E-state index contributed by atoms with van der Waals surface area (Å²) in [5.74, 6) is 0.539. The number of rotatable bonds is 4. The van der Waals surface area contributed by atoms with Crippen molar-refractivity contribution >= 4 is 11.0 Å². The lowest BCUT2D eigenvalue weighted by Gasteiger charge is -2.30. The van der Waals surface area contributed by atoms with E-state index in [0.29, 0.717) is 43.0 Å².